The van der Waals surface area contributed by atoms with Crippen molar-refractivity contribution in [3.05, 3.63) is 107 Å². The topological polar surface area (TPSA) is 65.5 Å². The Balaban J connectivity index is 1.50. The lowest BCUT2D eigenvalue weighted by molar-refractivity contribution is 0.105. The van der Waals surface area contributed by atoms with E-state index in [1.54, 1.807) is 18.2 Å². The van der Waals surface area contributed by atoms with Crippen molar-refractivity contribution in [2.24, 2.45) is 0 Å². The maximum absolute atomic E-state index is 13.7. The first-order valence-electron chi connectivity index (χ1n) is 11.8. The van der Waals surface area contributed by atoms with Crippen LogP contribution in [0.5, 0.6) is 5.75 Å². The van der Waals surface area contributed by atoms with Crippen LogP contribution in [0.15, 0.2) is 98.2 Å². The number of carbonyl (C=O) groups excluding carboxylic acids is 1. The molecule has 0 aliphatic rings. The summed E-state index contributed by atoms with van der Waals surface area (Å²) in [6.07, 6.45) is 3.73. The minimum Gasteiger partial charge on any atom is -0.494 e. The lowest BCUT2D eigenvalue weighted by Gasteiger charge is -2.07. The number of Topliss-reactive ketones (excluding diaryl/α,β-unsaturated/α-hetero) is 1. The summed E-state index contributed by atoms with van der Waals surface area (Å²) >= 11 is 3.45. The van der Waals surface area contributed by atoms with Crippen LogP contribution in [0.1, 0.15) is 41.8 Å². The fraction of sp³-hybridized carbons (Fsp3) is 0.133. The zero-order valence-electron chi connectivity index (χ0n) is 19.7. The van der Waals surface area contributed by atoms with Gasteiger partial charge in [0.05, 0.1) is 12.2 Å². The molecule has 0 N–H and O–H groups in total. The molecule has 36 heavy (non-hydrogen) atoms. The van der Waals surface area contributed by atoms with Crippen LogP contribution in [0.4, 0.5) is 0 Å². The predicted octanol–water partition coefficient (Wildman–Crippen LogP) is 8.45. The van der Waals surface area contributed by atoms with Crippen molar-refractivity contribution in [1.29, 1.82) is 0 Å². The smallest absolute Gasteiger partial charge is 0.231 e. The molecule has 0 saturated carbocycles. The van der Waals surface area contributed by atoms with E-state index in [-0.39, 0.29) is 11.7 Å². The third-order valence-electron chi connectivity index (χ3n) is 5.69. The van der Waals surface area contributed by atoms with Crippen molar-refractivity contribution < 1.29 is 18.4 Å². The molecule has 5 nitrogen and oxygen atoms in total. The zero-order chi connectivity index (χ0) is 24.9. The number of allylic oxidation sites excluding steroid dienone is 1. The van der Waals surface area contributed by atoms with Crippen LogP contribution >= 0.6 is 15.9 Å². The molecule has 3 aromatic carbocycles. The summed E-state index contributed by atoms with van der Waals surface area (Å²) in [6.45, 7) is 2.77. The number of para-hydroxylation sites is 2. The standard InChI is InChI=1S/C30H24BrNO4/c1-2-3-18-34-23-14-10-21(11-15-23)29(33)25(30-32-26-6-4-5-7-28(26)36-30)19-24-16-17-27(35-24)20-8-12-22(31)13-9-20/h4-17,19H,2-3,18H2,1H3/b25-19+. The van der Waals surface area contributed by atoms with Crippen molar-refractivity contribution in [3.63, 3.8) is 0 Å². The first-order valence-corrected chi connectivity index (χ1v) is 12.6. The summed E-state index contributed by atoms with van der Waals surface area (Å²) in [6, 6.07) is 26.1. The number of oxazole rings is 1. The van der Waals surface area contributed by atoms with Gasteiger partial charge in [0.2, 0.25) is 5.89 Å². The lowest BCUT2D eigenvalue weighted by atomic mass is 10.0. The molecule has 0 aliphatic carbocycles. The van der Waals surface area contributed by atoms with Gasteiger partial charge in [0.15, 0.2) is 11.4 Å². The molecule has 0 amide bonds. The van der Waals surface area contributed by atoms with Crippen molar-refractivity contribution in [3.8, 4) is 17.1 Å². The molecule has 0 radical (unpaired) electrons. The Labute approximate surface area is 217 Å². The van der Waals surface area contributed by atoms with Crippen LogP contribution in [-0.4, -0.2) is 17.4 Å². The van der Waals surface area contributed by atoms with Gasteiger partial charge >= 0.3 is 0 Å². The number of ether oxygens (including phenoxy) is 1. The first kappa shape index (κ1) is 23.8. The summed E-state index contributed by atoms with van der Waals surface area (Å²) in [7, 11) is 0. The van der Waals surface area contributed by atoms with Gasteiger partial charge in [-0.2, -0.15) is 0 Å². The van der Waals surface area contributed by atoms with Gasteiger partial charge in [0.25, 0.3) is 0 Å². The molecule has 0 spiro atoms. The Kier molecular flexibility index (Phi) is 7.14. The Hall–Kier alpha value is -3.90. The summed E-state index contributed by atoms with van der Waals surface area (Å²) in [4.78, 5) is 18.2. The highest BCUT2D eigenvalue weighted by molar-refractivity contribution is 9.10. The Morgan fingerprint density at radius 3 is 2.47 bits per heavy atom. The van der Waals surface area contributed by atoms with Crippen molar-refractivity contribution in [1.82, 2.24) is 4.98 Å². The third kappa shape index (κ3) is 5.34. The average Bonchev–Trinajstić information content (AvgIpc) is 3.55. The van der Waals surface area contributed by atoms with Gasteiger partial charge < -0.3 is 13.6 Å². The number of nitrogens with zero attached hydrogens (tertiary/aromatic N) is 1. The number of furan rings is 1. The third-order valence-corrected chi connectivity index (χ3v) is 6.22. The number of halogens is 1. The minimum absolute atomic E-state index is 0.219. The lowest BCUT2D eigenvalue weighted by Crippen LogP contribution is -2.04. The van der Waals surface area contributed by atoms with Crippen LogP contribution in [0, 0.1) is 0 Å². The zero-order valence-corrected chi connectivity index (χ0v) is 21.3. The summed E-state index contributed by atoms with van der Waals surface area (Å²) in [5, 5.41) is 0. The highest BCUT2D eigenvalue weighted by Gasteiger charge is 2.21. The van der Waals surface area contributed by atoms with Crippen LogP contribution in [0.2, 0.25) is 0 Å². The summed E-state index contributed by atoms with van der Waals surface area (Å²) in [5.41, 5.74) is 3.04. The van der Waals surface area contributed by atoms with Gasteiger partial charge in [0.1, 0.15) is 22.8 Å². The maximum Gasteiger partial charge on any atom is 0.231 e. The second-order valence-electron chi connectivity index (χ2n) is 8.31. The molecule has 6 heteroatoms. The van der Waals surface area contributed by atoms with Gasteiger partial charge in [-0.25, -0.2) is 4.98 Å². The first-order chi connectivity index (χ1) is 17.6. The van der Waals surface area contributed by atoms with Gasteiger partial charge in [0, 0.05) is 15.6 Å². The number of benzene rings is 3. The number of hydrogen-bond donors (Lipinski definition) is 0. The van der Waals surface area contributed by atoms with E-state index in [1.807, 2.05) is 72.8 Å². The number of ketones is 1. The van der Waals surface area contributed by atoms with E-state index in [2.05, 4.69) is 27.8 Å². The summed E-state index contributed by atoms with van der Waals surface area (Å²) in [5.74, 6) is 1.98. The molecule has 0 aliphatic heterocycles. The van der Waals surface area contributed by atoms with Gasteiger partial charge in [-0.3, -0.25) is 4.79 Å². The van der Waals surface area contributed by atoms with Crippen molar-refractivity contribution >= 4 is 44.5 Å². The molecule has 5 rings (SSSR count). The second kappa shape index (κ2) is 10.8. The Morgan fingerprint density at radius 1 is 0.944 bits per heavy atom. The molecule has 0 unspecified atom stereocenters. The average molecular weight is 542 g/mol. The van der Waals surface area contributed by atoms with E-state index in [0.717, 1.165) is 28.6 Å². The Bertz CT molecular complexity index is 1480. The molecule has 180 valence electrons. The predicted molar refractivity (Wildman–Crippen MR) is 145 cm³/mol. The van der Waals surface area contributed by atoms with E-state index in [9.17, 15) is 4.79 Å². The highest BCUT2D eigenvalue weighted by Crippen LogP contribution is 2.30. The normalized spacial score (nSPS) is 11.7. The minimum atomic E-state index is -0.219. The summed E-state index contributed by atoms with van der Waals surface area (Å²) < 4.78 is 18.8. The van der Waals surface area contributed by atoms with Gasteiger partial charge in [-0.1, -0.05) is 53.5 Å². The fourth-order valence-corrected chi connectivity index (χ4v) is 4.01. The van der Waals surface area contributed by atoms with Crippen LogP contribution in [0.3, 0.4) is 0 Å². The van der Waals surface area contributed by atoms with E-state index in [0.29, 0.717) is 40.4 Å². The SMILES string of the molecule is CCCCOc1ccc(C(=O)/C(=C\c2ccc(-c3ccc(Br)cc3)o2)c2nc3ccccc3o2)cc1. The Morgan fingerprint density at radius 2 is 1.72 bits per heavy atom. The van der Waals surface area contributed by atoms with Crippen LogP contribution < -0.4 is 4.74 Å². The van der Waals surface area contributed by atoms with Crippen LogP contribution in [0.25, 0.3) is 34.1 Å². The van der Waals surface area contributed by atoms with E-state index in [4.69, 9.17) is 13.6 Å². The molecule has 0 saturated heterocycles. The quantitative estimate of drug-likeness (QED) is 0.106. The number of rotatable bonds is 9. The van der Waals surface area contributed by atoms with Crippen molar-refractivity contribution in [2.45, 2.75) is 19.8 Å². The molecule has 2 heterocycles. The molecule has 0 fully saturated rings. The maximum atomic E-state index is 13.7. The van der Waals surface area contributed by atoms with E-state index in [1.165, 1.54) is 0 Å². The molecule has 5 aromatic rings. The number of carbonyl (C=O) groups is 1. The fourth-order valence-electron chi connectivity index (χ4n) is 3.75. The molecule has 0 atom stereocenters. The van der Waals surface area contributed by atoms with Gasteiger partial charge in [-0.05, 0) is 73.2 Å². The highest BCUT2D eigenvalue weighted by atomic mass is 79.9. The molecule has 2 aromatic heterocycles. The number of aromatic nitrogens is 1. The van der Waals surface area contributed by atoms with E-state index >= 15 is 0 Å². The van der Waals surface area contributed by atoms with Crippen LogP contribution in [-0.2, 0) is 0 Å². The largest absolute Gasteiger partial charge is 0.494 e. The second-order valence-corrected chi connectivity index (χ2v) is 9.22. The van der Waals surface area contributed by atoms with Crippen molar-refractivity contribution in [2.75, 3.05) is 6.61 Å². The van der Waals surface area contributed by atoms with Gasteiger partial charge in [-0.15, -0.1) is 0 Å². The number of hydrogen-bond acceptors (Lipinski definition) is 5. The number of unbranched alkanes of at least 4 members (excludes halogenated alkanes) is 1. The monoisotopic (exact) mass is 541 g/mol. The molecular weight excluding hydrogens is 518 g/mol. The molecule has 0 bridgehead atoms. The number of fused-ring (bicyclic) bond motifs is 1. The molecular formula is C30H24BrNO4. The van der Waals surface area contributed by atoms with E-state index < -0.39 is 0 Å².